The highest BCUT2D eigenvalue weighted by Crippen LogP contribution is 2.41. The van der Waals surface area contributed by atoms with E-state index < -0.39 is 0 Å². The SMILES string of the molecule is c1ccc(-c2cccc(-c3nc(-c4ccc5oc6ccccc6c5c4)nc(-c4cccc5c4oc4cc6c(cc45)c4ccccc4n6-c4ccccc4)n3)c2)cc1. The predicted octanol–water partition coefficient (Wildman–Crippen LogP) is 13.4. The lowest BCUT2D eigenvalue weighted by Crippen LogP contribution is -2.00. The Morgan fingerprint density at radius 2 is 0.965 bits per heavy atom. The fraction of sp³-hybridized carbons (Fsp3) is 0. The van der Waals surface area contributed by atoms with E-state index in [2.05, 4.69) is 138 Å². The lowest BCUT2D eigenvalue weighted by molar-refractivity contribution is 0.669. The molecule has 6 heteroatoms. The molecule has 0 saturated heterocycles. The van der Waals surface area contributed by atoms with Crippen LogP contribution in [0.5, 0.6) is 0 Å². The van der Waals surface area contributed by atoms with E-state index >= 15 is 0 Å². The van der Waals surface area contributed by atoms with Crippen molar-refractivity contribution in [2.24, 2.45) is 0 Å². The molecule has 8 aromatic carbocycles. The van der Waals surface area contributed by atoms with Crippen molar-refractivity contribution in [2.45, 2.75) is 0 Å². The van der Waals surface area contributed by atoms with Gasteiger partial charge in [-0.05, 0) is 71.8 Å². The number of hydrogen-bond donors (Lipinski definition) is 0. The number of aromatic nitrogens is 4. The zero-order chi connectivity index (χ0) is 37.5. The molecule has 0 spiro atoms. The predicted molar refractivity (Wildman–Crippen MR) is 230 cm³/mol. The number of rotatable bonds is 5. The Morgan fingerprint density at radius 1 is 0.333 bits per heavy atom. The van der Waals surface area contributed by atoms with Gasteiger partial charge in [-0.25, -0.2) is 15.0 Å². The van der Waals surface area contributed by atoms with Crippen molar-refractivity contribution in [1.82, 2.24) is 19.5 Å². The summed E-state index contributed by atoms with van der Waals surface area (Å²) in [7, 11) is 0. The van der Waals surface area contributed by atoms with Crippen molar-refractivity contribution in [3.05, 3.63) is 182 Å². The molecule has 0 aliphatic carbocycles. The minimum absolute atomic E-state index is 0.533. The van der Waals surface area contributed by atoms with Crippen LogP contribution in [-0.4, -0.2) is 19.5 Å². The van der Waals surface area contributed by atoms with E-state index in [0.717, 1.165) is 88.4 Å². The molecule has 4 aromatic heterocycles. The van der Waals surface area contributed by atoms with Crippen molar-refractivity contribution in [1.29, 1.82) is 0 Å². The Morgan fingerprint density at radius 3 is 1.82 bits per heavy atom. The Labute approximate surface area is 325 Å². The second-order valence-corrected chi connectivity index (χ2v) is 14.4. The zero-order valence-corrected chi connectivity index (χ0v) is 30.4. The van der Waals surface area contributed by atoms with Crippen molar-refractivity contribution in [3.8, 4) is 51.0 Å². The summed E-state index contributed by atoms with van der Waals surface area (Å²) in [6.07, 6.45) is 0. The Bertz CT molecular complexity index is 3530. The quantitative estimate of drug-likeness (QED) is 0.176. The van der Waals surface area contributed by atoms with Crippen LogP contribution in [0.25, 0.3) is 117 Å². The smallest absolute Gasteiger partial charge is 0.167 e. The molecule has 0 fully saturated rings. The summed E-state index contributed by atoms with van der Waals surface area (Å²) in [6.45, 7) is 0. The maximum atomic E-state index is 6.87. The van der Waals surface area contributed by atoms with Gasteiger partial charge in [0, 0.05) is 55.2 Å². The van der Waals surface area contributed by atoms with Crippen molar-refractivity contribution < 1.29 is 8.83 Å². The normalized spacial score (nSPS) is 11.9. The van der Waals surface area contributed by atoms with Gasteiger partial charge in [0.1, 0.15) is 22.3 Å². The highest BCUT2D eigenvalue weighted by atomic mass is 16.3. The van der Waals surface area contributed by atoms with Gasteiger partial charge in [-0.1, -0.05) is 115 Å². The minimum atomic E-state index is 0.533. The molecule has 12 rings (SSSR count). The molecule has 0 saturated carbocycles. The number of nitrogens with zero attached hydrogens (tertiary/aromatic N) is 4. The van der Waals surface area contributed by atoms with Gasteiger partial charge in [0.2, 0.25) is 0 Å². The Hall–Kier alpha value is -7.83. The number of benzene rings is 8. The minimum Gasteiger partial charge on any atom is -0.456 e. The number of furan rings is 2. The molecular weight excluding hydrogens is 701 g/mol. The molecule has 266 valence electrons. The number of hydrogen-bond acceptors (Lipinski definition) is 5. The molecule has 0 radical (unpaired) electrons. The van der Waals surface area contributed by atoms with Gasteiger partial charge in [-0.2, -0.15) is 0 Å². The van der Waals surface area contributed by atoms with Crippen LogP contribution in [0.1, 0.15) is 0 Å². The van der Waals surface area contributed by atoms with E-state index in [-0.39, 0.29) is 0 Å². The molecule has 12 aromatic rings. The molecule has 0 bridgehead atoms. The molecule has 6 nitrogen and oxygen atoms in total. The summed E-state index contributed by atoms with van der Waals surface area (Å²) in [6, 6.07) is 62.7. The number of fused-ring (bicyclic) bond motifs is 9. The second-order valence-electron chi connectivity index (χ2n) is 14.4. The summed E-state index contributed by atoms with van der Waals surface area (Å²) in [4.78, 5) is 15.5. The Balaban J connectivity index is 1.09. The summed E-state index contributed by atoms with van der Waals surface area (Å²) >= 11 is 0. The van der Waals surface area contributed by atoms with Gasteiger partial charge >= 0.3 is 0 Å². The van der Waals surface area contributed by atoms with E-state index in [9.17, 15) is 0 Å². The van der Waals surface area contributed by atoms with E-state index in [1.54, 1.807) is 0 Å². The molecule has 0 N–H and O–H groups in total. The van der Waals surface area contributed by atoms with Crippen molar-refractivity contribution in [3.63, 3.8) is 0 Å². The van der Waals surface area contributed by atoms with Gasteiger partial charge in [0.25, 0.3) is 0 Å². The molecular formula is C51H30N4O2. The summed E-state index contributed by atoms with van der Waals surface area (Å²) in [5.74, 6) is 1.67. The van der Waals surface area contributed by atoms with Crippen LogP contribution in [0.2, 0.25) is 0 Å². The Kier molecular flexibility index (Phi) is 6.83. The summed E-state index contributed by atoms with van der Waals surface area (Å²) in [5, 5.41) is 6.46. The van der Waals surface area contributed by atoms with Gasteiger partial charge in [-0.15, -0.1) is 0 Å². The maximum absolute atomic E-state index is 6.87. The van der Waals surface area contributed by atoms with Gasteiger partial charge < -0.3 is 13.4 Å². The maximum Gasteiger partial charge on any atom is 0.167 e. The molecule has 4 heterocycles. The zero-order valence-electron chi connectivity index (χ0n) is 30.4. The van der Waals surface area contributed by atoms with Crippen LogP contribution in [0, 0.1) is 0 Å². The van der Waals surface area contributed by atoms with Crippen LogP contribution in [0.4, 0.5) is 0 Å². The highest BCUT2D eigenvalue weighted by molar-refractivity contribution is 6.18. The third-order valence-electron chi connectivity index (χ3n) is 11.0. The average molecular weight is 731 g/mol. The van der Waals surface area contributed by atoms with Gasteiger partial charge in [0.15, 0.2) is 17.5 Å². The highest BCUT2D eigenvalue weighted by Gasteiger charge is 2.21. The molecule has 0 aliphatic heterocycles. The van der Waals surface area contributed by atoms with Gasteiger partial charge in [-0.3, -0.25) is 0 Å². The van der Waals surface area contributed by atoms with Crippen LogP contribution in [0.15, 0.2) is 191 Å². The van der Waals surface area contributed by atoms with Crippen molar-refractivity contribution in [2.75, 3.05) is 0 Å². The molecule has 0 atom stereocenters. The topological polar surface area (TPSA) is 69.9 Å². The summed E-state index contributed by atoms with van der Waals surface area (Å²) in [5.41, 5.74) is 11.3. The molecule has 0 unspecified atom stereocenters. The monoisotopic (exact) mass is 730 g/mol. The molecule has 0 amide bonds. The average Bonchev–Trinajstić information content (AvgIpc) is 3.95. The summed E-state index contributed by atoms with van der Waals surface area (Å²) < 4.78 is 15.4. The third-order valence-corrected chi connectivity index (χ3v) is 11.0. The first kappa shape index (κ1) is 31.5. The van der Waals surface area contributed by atoms with E-state index in [1.807, 2.05) is 48.5 Å². The van der Waals surface area contributed by atoms with E-state index in [0.29, 0.717) is 17.5 Å². The first-order valence-corrected chi connectivity index (χ1v) is 19.0. The lowest BCUT2D eigenvalue weighted by atomic mass is 10.0. The van der Waals surface area contributed by atoms with Crippen LogP contribution >= 0.6 is 0 Å². The number of para-hydroxylation sites is 4. The van der Waals surface area contributed by atoms with E-state index in [1.165, 1.54) is 10.8 Å². The van der Waals surface area contributed by atoms with Gasteiger partial charge in [0.05, 0.1) is 16.6 Å². The largest absolute Gasteiger partial charge is 0.456 e. The standard InChI is InChI=1S/C51H30N4O2/c1-3-13-31(14-4-1)32-15-11-16-33(27-32)49-52-50(34-25-26-46-41(28-34)37-20-8-10-24-45(37)56-46)54-51(53-49)39-22-12-21-38-42-29-40-36-19-7-9-23-43(36)55(35-17-5-2-6-18-35)44(40)30-47(42)57-48(38)39/h1-30H. The first-order valence-electron chi connectivity index (χ1n) is 19.0. The lowest BCUT2D eigenvalue weighted by Gasteiger charge is -2.10. The second kappa shape index (κ2) is 12.3. The third kappa shape index (κ3) is 5.01. The van der Waals surface area contributed by atoms with Crippen molar-refractivity contribution >= 4 is 65.7 Å². The van der Waals surface area contributed by atoms with Crippen LogP contribution in [-0.2, 0) is 0 Å². The molecule has 0 aliphatic rings. The van der Waals surface area contributed by atoms with Crippen LogP contribution in [0.3, 0.4) is 0 Å². The van der Waals surface area contributed by atoms with E-state index in [4.69, 9.17) is 23.8 Å². The van der Waals surface area contributed by atoms with Crippen LogP contribution < -0.4 is 0 Å². The fourth-order valence-corrected chi connectivity index (χ4v) is 8.38. The fourth-order valence-electron chi connectivity index (χ4n) is 8.38. The first-order chi connectivity index (χ1) is 28.2. The molecule has 57 heavy (non-hydrogen) atoms.